The van der Waals surface area contributed by atoms with Gasteiger partial charge in [-0.05, 0) is 30.7 Å². The summed E-state index contributed by atoms with van der Waals surface area (Å²) in [5, 5.41) is 0. The molecular weight excluding hydrogens is 324 g/mol. The van der Waals surface area contributed by atoms with Crippen molar-refractivity contribution in [1.82, 2.24) is 4.31 Å². The van der Waals surface area contributed by atoms with Crippen LogP contribution in [0.2, 0.25) is 0 Å². The predicted octanol–water partition coefficient (Wildman–Crippen LogP) is 0.566. The van der Waals surface area contributed by atoms with Gasteiger partial charge < -0.3 is 4.90 Å². The number of sulfonamides is 1. The molecule has 0 bridgehead atoms. The smallest absolute Gasteiger partial charge is 0.243 e. The molecule has 0 atom stereocenters. The molecule has 1 amide bonds. The van der Waals surface area contributed by atoms with Gasteiger partial charge in [-0.25, -0.2) is 8.42 Å². The van der Waals surface area contributed by atoms with Gasteiger partial charge in [0.1, 0.15) is 0 Å². The molecule has 0 aromatic heterocycles. The molecule has 6 nitrogen and oxygen atoms in total. The van der Waals surface area contributed by atoms with Crippen LogP contribution in [0, 0.1) is 0 Å². The number of rotatable bonds is 3. The van der Waals surface area contributed by atoms with Crippen LogP contribution in [0.5, 0.6) is 0 Å². The third kappa shape index (κ3) is 2.95. The minimum absolute atomic E-state index is 0.0779. The van der Waals surface area contributed by atoms with Gasteiger partial charge in [0, 0.05) is 54.0 Å². The molecule has 2 aliphatic rings. The quantitative estimate of drug-likeness (QED) is 0.805. The lowest BCUT2D eigenvalue weighted by Crippen LogP contribution is -2.41. The molecule has 0 radical (unpaired) electrons. The first-order valence-electron chi connectivity index (χ1n) is 7.24. The van der Waals surface area contributed by atoms with Crippen molar-refractivity contribution < 1.29 is 17.4 Å². The van der Waals surface area contributed by atoms with Gasteiger partial charge in [-0.3, -0.25) is 9.00 Å². The number of anilines is 1. The number of nitrogens with zero attached hydrogens (tertiary/aromatic N) is 2. The van der Waals surface area contributed by atoms with E-state index in [9.17, 15) is 17.4 Å². The number of benzene rings is 1. The SMILES string of the molecule is O=C1CCCN1c1ccc(S(=O)(=O)N2CCS(=O)CC2)cc1. The molecule has 2 heterocycles. The first-order chi connectivity index (χ1) is 10.5. The molecule has 2 fully saturated rings. The van der Waals surface area contributed by atoms with Crippen LogP contribution in [0.4, 0.5) is 5.69 Å². The van der Waals surface area contributed by atoms with Gasteiger partial charge >= 0.3 is 0 Å². The van der Waals surface area contributed by atoms with Crippen molar-refractivity contribution in [3.05, 3.63) is 24.3 Å². The molecule has 0 N–H and O–H groups in total. The topological polar surface area (TPSA) is 74.8 Å². The maximum absolute atomic E-state index is 12.5. The van der Waals surface area contributed by atoms with Crippen molar-refractivity contribution >= 4 is 32.4 Å². The molecular formula is C14H18N2O4S2. The Morgan fingerprint density at radius 1 is 1.00 bits per heavy atom. The van der Waals surface area contributed by atoms with Crippen LogP contribution < -0.4 is 4.90 Å². The molecule has 8 heteroatoms. The van der Waals surface area contributed by atoms with E-state index in [1.165, 1.54) is 4.31 Å². The van der Waals surface area contributed by atoms with Gasteiger partial charge in [0.25, 0.3) is 0 Å². The third-order valence-corrected chi connectivity index (χ3v) is 7.19. The van der Waals surface area contributed by atoms with E-state index in [1.54, 1.807) is 29.2 Å². The van der Waals surface area contributed by atoms with Crippen LogP contribution in [0.25, 0.3) is 0 Å². The van der Waals surface area contributed by atoms with E-state index in [1.807, 2.05) is 0 Å². The summed E-state index contributed by atoms with van der Waals surface area (Å²) in [5.41, 5.74) is 0.737. The number of hydrogen-bond acceptors (Lipinski definition) is 4. The van der Waals surface area contributed by atoms with Gasteiger partial charge in [0.15, 0.2) is 0 Å². The number of carbonyl (C=O) groups is 1. The molecule has 0 spiro atoms. The van der Waals surface area contributed by atoms with Crippen molar-refractivity contribution in [3.63, 3.8) is 0 Å². The van der Waals surface area contributed by atoms with E-state index in [2.05, 4.69) is 0 Å². The second-order valence-corrected chi connectivity index (χ2v) is 9.03. The first kappa shape index (κ1) is 15.6. The molecule has 22 heavy (non-hydrogen) atoms. The molecule has 1 aromatic carbocycles. The summed E-state index contributed by atoms with van der Waals surface area (Å²) in [6.45, 7) is 1.27. The van der Waals surface area contributed by atoms with Crippen LogP contribution in [0.15, 0.2) is 29.2 Å². The zero-order valence-corrected chi connectivity index (χ0v) is 13.7. The number of hydrogen-bond donors (Lipinski definition) is 0. The lowest BCUT2D eigenvalue weighted by molar-refractivity contribution is -0.117. The van der Waals surface area contributed by atoms with E-state index < -0.39 is 20.8 Å². The Morgan fingerprint density at radius 2 is 1.64 bits per heavy atom. The Bertz CT molecular complexity index is 690. The van der Waals surface area contributed by atoms with Crippen molar-refractivity contribution in [2.45, 2.75) is 17.7 Å². The van der Waals surface area contributed by atoms with Gasteiger partial charge in [0.05, 0.1) is 4.90 Å². The average molecular weight is 342 g/mol. The Hall–Kier alpha value is -1.25. The Kier molecular flexibility index (Phi) is 4.33. The maximum atomic E-state index is 12.5. The van der Waals surface area contributed by atoms with Crippen molar-refractivity contribution in [2.75, 3.05) is 36.0 Å². The van der Waals surface area contributed by atoms with Gasteiger partial charge in [-0.1, -0.05) is 0 Å². The molecule has 2 saturated heterocycles. The average Bonchev–Trinajstić information content (AvgIpc) is 2.94. The largest absolute Gasteiger partial charge is 0.312 e. The molecule has 120 valence electrons. The van der Waals surface area contributed by atoms with Crippen LogP contribution in [-0.2, 0) is 25.6 Å². The van der Waals surface area contributed by atoms with E-state index >= 15 is 0 Å². The zero-order chi connectivity index (χ0) is 15.7. The maximum Gasteiger partial charge on any atom is 0.243 e. The van der Waals surface area contributed by atoms with Crippen molar-refractivity contribution in [3.8, 4) is 0 Å². The van der Waals surface area contributed by atoms with Crippen LogP contribution in [0.1, 0.15) is 12.8 Å². The Morgan fingerprint density at radius 3 is 2.18 bits per heavy atom. The number of amides is 1. The fraction of sp³-hybridized carbons (Fsp3) is 0.500. The highest BCUT2D eigenvalue weighted by Gasteiger charge is 2.28. The second kappa shape index (κ2) is 6.10. The molecule has 2 aliphatic heterocycles. The fourth-order valence-corrected chi connectivity index (χ4v) is 5.45. The first-order valence-corrected chi connectivity index (χ1v) is 10.2. The third-order valence-electron chi connectivity index (χ3n) is 4.00. The molecule has 0 aliphatic carbocycles. The van der Waals surface area contributed by atoms with E-state index in [4.69, 9.17) is 0 Å². The van der Waals surface area contributed by atoms with Gasteiger partial charge in [0.2, 0.25) is 15.9 Å². The Labute approximate surface area is 132 Å². The lowest BCUT2D eigenvalue weighted by atomic mass is 10.3. The standard InChI is InChI=1S/C14H18N2O4S2/c17-14-2-1-7-16(14)12-3-5-13(6-4-12)22(19,20)15-8-10-21(18)11-9-15/h3-6H,1-2,7-11H2. The highest BCUT2D eigenvalue weighted by molar-refractivity contribution is 7.89. The fourth-order valence-electron chi connectivity index (χ4n) is 2.73. The van der Waals surface area contributed by atoms with Crippen molar-refractivity contribution in [2.24, 2.45) is 0 Å². The summed E-state index contributed by atoms with van der Waals surface area (Å²) in [4.78, 5) is 13.6. The summed E-state index contributed by atoms with van der Waals surface area (Å²) < 4.78 is 37.8. The van der Waals surface area contributed by atoms with Crippen molar-refractivity contribution in [1.29, 1.82) is 0 Å². The van der Waals surface area contributed by atoms with Gasteiger partial charge in [-0.15, -0.1) is 0 Å². The summed E-state index contributed by atoms with van der Waals surface area (Å²) in [7, 11) is -4.46. The minimum Gasteiger partial charge on any atom is -0.312 e. The van der Waals surface area contributed by atoms with Crippen LogP contribution in [-0.4, -0.2) is 54.0 Å². The van der Waals surface area contributed by atoms with Crippen LogP contribution >= 0.6 is 0 Å². The molecule has 0 saturated carbocycles. The van der Waals surface area contributed by atoms with Crippen LogP contribution in [0.3, 0.4) is 0 Å². The molecule has 1 aromatic rings. The van der Waals surface area contributed by atoms with Gasteiger partial charge in [-0.2, -0.15) is 4.31 Å². The molecule has 3 rings (SSSR count). The summed E-state index contributed by atoms with van der Waals surface area (Å²) in [5.74, 6) is 0.855. The summed E-state index contributed by atoms with van der Waals surface area (Å²) in [6, 6.07) is 6.44. The molecule has 0 unspecified atom stereocenters. The van der Waals surface area contributed by atoms with E-state index in [-0.39, 0.29) is 10.8 Å². The lowest BCUT2D eigenvalue weighted by Gasteiger charge is -2.25. The summed E-state index contributed by atoms with van der Waals surface area (Å²) >= 11 is 0. The minimum atomic E-state index is -3.54. The van der Waals surface area contributed by atoms with E-state index in [0.29, 0.717) is 37.6 Å². The highest BCUT2D eigenvalue weighted by atomic mass is 32.2. The normalized spacial score (nSPS) is 21.5. The highest BCUT2D eigenvalue weighted by Crippen LogP contribution is 2.24. The second-order valence-electron chi connectivity index (χ2n) is 5.39. The monoisotopic (exact) mass is 342 g/mol. The Balaban J connectivity index is 1.79. The zero-order valence-electron chi connectivity index (χ0n) is 12.1. The van der Waals surface area contributed by atoms with E-state index in [0.717, 1.165) is 12.1 Å². The number of carbonyl (C=O) groups excluding carboxylic acids is 1. The summed E-state index contributed by atoms with van der Waals surface area (Å²) in [6.07, 6.45) is 1.38. The predicted molar refractivity (Wildman–Crippen MR) is 84.7 cm³/mol.